The molecular formula is C18H33NO. The molecule has 0 amide bonds. The summed E-state index contributed by atoms with van der Waals surface area (Å²) in [5.74, 6) is 0. The number of rotatable bonds is 15. The van der Waals surface area contributed by atoms with Gasteiger partial charge in [-0.3, -0.25) is 0 Å². The van der Waals surface area contributed by atoms with E-state index in [-0.39, 0.29) is 0 Å². The molecule has 0 rings (SSSR count). The first kappa shape index (κ1) is 19.1. The molecule has 0 aliphatic carbocycles. The molecule has 0 spiro atoms. The molecule has 0 N–H and O–H groups in total. The van der Waals surface area contributed by atoms with E-state index >= 15 is 0 Å². The molecule has 0 aliphatic heterocycles. The molecule has 116 valence electrons. The lowest BCUT2D eigenvalue weighted by molar-refractivity contribution is 0.540. The summed E-state index contributed by atoms with van der Waals surface area (Å²) in [7, 11) is 0. The van der Waals surface area contributed by atoms with Gasteiger partial charge in [0.05, 0.1) is 0 Å². The first-order valence-electron chi connectivity index (χ1n) is 8.63. The summed E-state index contributed by atoms with van der Waals surface area (Å²) in [4.78, 5) is 13.2. The molecule has 0 atom stereocenters. The zero-order chi connectivity index (χ0) is 14.7. The zero-order valence-electron chi connectivity index (χ0n) is 13.4. The third-order valence-electron chi connectivity index (χ3n) is 3.71. The molecule has 0 saturated carbocycles. The number of carbonyl (C=O) groups excluding carboxylic acids is 1. The number of allylic oxidation sites excluding steroid dienone is 1. The van der Waals surface area contributed by atoms with Crippen molar-refractivity contribution < 1.29 is 4.79 Å². The Labute approximate surface area is 125 Å². The Morgan fingerprint density at radius 1 is 0.750 bits per heavy atom. The summed E-state index contributed by atoms with van der Waals surface area (Å²) in [6, 6.07) is 0. The van der Waals surface area contributed by atoms with Crippen LogP contribution in [-0.4, -0.2) is 6.08 Å². The van der Waals surface area contributed by atoms with E-state index in [1.807, 2.05) is 6.08 Å². The Kier molecular flexibility index (Phi) is 17.3. The van der Waals surface area contributed by atoms with Gasteiger partial charge in [-0.2, -0.15) is 4.99 Å². The Bertz CT molecular complexity index is 254. The highest BCUT2D eigenvalue weighted by atomic mass is 16.1. The van der Waals surface area contributed by atoms with Crippen LogP contribution in [0.15, 0.2) is 17.3 Å². The van der Waals surface area contributed by atoms with E-state index in [9.17, 15) is 4.79 Å². The van der Waals surface area contributed by atoms with Crippen molar-refractivity contribution in [2.45, 2.75) is 96.8 Å². The van der Waals surface area contributed by atoms with Crippen molar-refractivity contribution in [3.63, 3.8) is 0 Å². The maximum Gasteiger partial charge on any atom is 0.239 e. The second-order valence-corrected chi connectivity index (χ2v) is 5.64. The van der Waals surface area contributed by atoms with E-state index in [0.717, 1.165) is 6.42 Å². The average molecular weight is 279 g/mol. The summed E-state index contributed by atoms with van der Waals surface area (Å²) >= 11 is 0. The van der Waals surface area contributed by atoms with Crippen LogP contribution < -0.4 is 0 Å². The highest BCUT2D eigenvalue weighted by Crippen LogP contribution is 2.12. The van der Waals surface area contributed by atoms with Crippen LogP contribution in [0.1, 0.15) is 96.8 Å². The van der Waals surface area contributed by atoms with Crippen molar-refractivity contribution >= 4 is 6.08 Å². The van der Waals surface area contributed by atoms with Crippen molar-refractivity contribution in [1.82, 2.24) is 0 Å². The quantitative estimate of drug-likeness (QED) is 0.196. The van der Waals surface area contributed by atoms with Gasteiger partial charge in [0.15, 0.2) is 0 Å². The van der Waals surface area contributed by atoms with Crippen molar-refractivity contribution in [1.29, 1.82) is 0 Å². The predicted molar refractivity (Wildman–Crippen MR) is 87.6 cm³/mol. The van der Waals surface area contributed by atoms with Crippen LogP contribution >= 0.6 is 0 Å². The fourth-order valence-electron chi connectivity index (χ4n) is 2.44. The van der Waals surface area contributed by atoms with Crippen molar-refractivity contribution in [2.75, 3.05) is 0 Å². The van der Waals surface area contributed by atoms with Crippen molar-refractivity contribution in [3.05, 3.63) is 12.3 Å². The van der Waals surface area contributed by atoms with Gasteiger partial charge in [-0.15, -0.1) is 0 Å². The summed E-state index contributed by atoms with van der Waals surface area (Å²) in [6.07, 6.45) is 24.0. The largest absolute Gasteiger partial charge is 0.239 e. The lowest BCUT2D eigenvalue weighted by atomic mass is 10.0. The van der Waals surface area contributed by atoms with Gasteiger partial charge < -0.3 is 0 Å². The molecule has 0 radical (unpaired) electrons. The van der Waals surface area contributed by atoms with Gasteiger partial charge >= 0.3 is 0 Å². The molecular weight excluding hydrogens is 246 g/mol. The van der Waals surface area contributed by atoms with Crippen LogP contribution in [0.4, 0.5) is 0 Å². The smallest absolute Gasteiger partial charge is 0.211 e. The summed E-state index contributed by atoms with van der Waals surface area (Å²) in [6.45, 7) is 2.27. The Hall–Kier alpha value is -0.880. The molecule has 20 heavy (non-hydrogen) atoms. The lowest BCUT2D eigenvalue weighted by Gasteiger charge is -2.02. The Morgan fingerprint density at radius 3 is 1.65 bits per heavy atom. The standard InChI is InChI=1S/C18H33NO/c1-2-3-4-5-6-7-8-9-10-11-12-13-14-15-16-17-19-18-20/h16-17H,2-15H2,1H3/b17-16+. The molecule has 0 aromatic carbocycles. The van der Waals surface area contributed by atoms with Gasteiger partial charge in [0.2, 0.25) is 6.08 Å². The molecule has 0 aromatic heterocycles. The third-order valence-corrected chi connectivity index (χ3v) is 3.71. The number of isocyanates is 1. The van der Waals surface area contributed by atoms with Gasteiger partial charge in [-0.1, -0.05) is 90.0 Å². The first-order valence-corrected chi connectivity index (χ1v) is 8.63. The second kappa shape index (κ2) is 18.1. The molecule has 0 unspecified atom stereocenters. The highest BCUT2D eigenvalue weighted by molar-refractivity contribution is 5.34. The van der Waals surface area contributed by atoms with Crippen LogP contribution in [0, 0.1) is 0 Å². The monoisotopic (exact) mass is 279 g/mol. The molecule has 0 aromatic rings. The van der Waals surface area contributed by atoms with Gasteiger partial charge in [0.1, 0.15) is 0 Å². The van der Waals surface area contributed by atoms with Gasteiger partial charge in [-0.25, -0.2) is 4.79 Å². The predicted octanol–water partition coefficient (Wildman–Crippen LogP) is 6.32. The number of unbranched alkanes of at least 4 members (excludes halogenated alkanes) is 13. The van der Waals surface area contributed by atoms with Crippen LogP contribution in [0.5, 0.6) is 0 Å². The van der Waals surface area contributed by atoms with Crippen LogP contribution in [0.25, 0.3) is 0 Å². The Morgan fingerprint density at radius 2 is 1.20 bits per heavy atom. The first-order chi connectivity index (χ1) is 9.91. The topological polar surface area (TPSA) is 29.4 Å². The molecule has 2 heteroatoms. The summed E-state index contributed by atoms with van der Waals surface area (Å²) < 4.78 is 0. The van der Waals surface area contributed by atoms with E-state index in [1.165, 1.54) is 89.6 Å². The lowest BCUT2D eigenvalue weighted by Crippen LogP contribution is -1.82. The maximum atomic E-state index is 9.81. The average Bonchev–Trinajstić information content (AvgIpc) is 2.47. The van der Waals surface area contributed by atoms with Crippen LogP contribution in [0.3, 0.4) is 0 Å². The minimum atomic E-state index is 1.03. The second-order valence-electron chi connectivity index (χ2n) is 5.64. The minimum absolute atomic E-state index is 1.03. The number of nitrogens with zero attached hydrogens (tertiary/aromatic N) is 1. The minimum Gasteiger partial charge on any atom is -0.211 e. The summed E-state index contributed by atoms with van der Waals surface area (Å²) in [5.41, 5.74) is 0. The third kappa shape index (κ3) is 17.1. The van der Waals surface area contributed by atoms with Crippen molar-refractivity contribution in [2.24, 2.45) is 4.99 Å². The molecule has 0 fully saturated rings. The van der Waals surface area contributed by atoms with Crippen LogP contribution in [0.2, 0.25) is 0 Å². The number of hydrogen-bond donors (Lipinski definition) is 0. The summed E-state index contributed by atoms with van der Waals surface area (Å²) in [5, 5.41) is 0. The molecule has 0 saturated heterocycles. The van der Waals surface area contributed by atoms with E-state index in [2.05, 4.69) is 11.9 Å². The number of aliphatic imine (C=N–C) groups is 1. The Balaban J connectivity index is 3.01. The van der Waals surface area contributed by atoms with E-state index in [1.54, 1.807) is 6.20 Å². The molecule has 2 nitrogen and oxygen atoms in total. The molecule has 0 heterocycles. The highest BCUT2D eigenvalue weighted by Gasteiger charge is 1.93. The van der Waals surface area contributed by atoms with E-state index < -0.39 is 0 Å². The van der Waals surface area contributed by atoms with Crippen molar-refractivity contribution in [3.8, 4) is 0 Å². The molecule has 0 aliphatic rings. The zero-order valence-corrected chi connectivity index (χ0v) is 13.4. The number of hydrogen-bond acceptors (Lipinski definition) is 2. The van der Waals surface area contributed by atoms with E-state index in [4.69, 9.17) is 0 Å². The molecule has 0 bridgehead atoms. The fourth-order valence-corrected chi connectivity index (χ4v) is 2.44. The van der Waals surface area contributed by atoms with Crippen LogP contribution in [-0.2, 0) is 4.79 Å². The van der Waals surface area contributed by atoms with Gasteiger partial charge in [0, 0.05) is 6.20 Å². The fraction of sp³-hybridized carbons (Fsp3) is 0.833. The van der Waals surface area contributed by atoms with Gasteiger partial charge in [0.25, 0.3) is 0 Å². The van der Waals surface area contributed by atoms with Gasteiger partial charge in [-0.05, 0) is 12.8 Å². The maximum absolute atomic E-state index is 9.81. The normalized spacial score (nSPS) is 10.8. The van der Waals surface area contributed by atoms with E-state index in [0.29, 0.717) is 0 Å². The SMILES string of the molecule is CCCCCCCCCCCCCCC/C=C/N=C=O.